The summed E-state index contributed by atoms with van der Waals surface area (Å²) in [7, 11) is 0. The molecule has 0 unspecified atom stereocenters. The summed E-state index contributed by atoms with van der Waals surface area (Å²) < 4.78 is 7.15. The highest BCUT2D eigenvalue weighted by atomic mass is 79.9. The largest absolute Gasteiger partial charge is 0.492 e. The predicted molar refractivity (Wildman–Crippen MR) is 95.6 cm³/mol. The zero-order valence-corrected chi connectivity index (χ0v) is 16.2. The summed E-state index contributed by atoms with van der Waals surface area (Å²) in [6, 6.07) is 3.64. The lowest BCUT2D eigenvalue weighted by Crippen LogP contribution is -1.99. The van der Waals surface area contributed by atoms with Crippen LogP contribution in [0.1, 0.15) is 18.3 Å². The minimum Gasteiger partial charge on any atom is -0.492 e. The Bertz CT molecular complexity index is 762. The molecule has 0 spiro atoms. The van der Waals surface area contributed by atoms with Crippen molar-refractivity contribution in [3.63, 3.8) is 0 Å². The summed E-state index contributed by atoms with van der Waals surface area (Å²) in [6.07, 6.45) is 1.54. The number of hydrogen-bond acceptors (Lipinski definition) is 5. The smallest absolute Gasteiger partial charge is 0.342 e. The molecule has 6 nitrogen and oxygen atoms in total. The Morgan fingerprint density at radius 3 is 2.78 bits per heavy atom. The molecule has 1 heterocycles. The van der Waals surface area contributed by atoms with E-state index in [9.17, 15) is 9.90 Å². The topological polar surface area (TPSA) is 88.1 Å². The monoisotopic (exact) mass is 461 g/mol. The van der Waals surface area contributed by atoms with Gasteiger partial charge in [-0.3, -0.25) is 5.10 Å². The van der Waals surface area contributed by atoms with Crippen LogP contribution in [0.15, 0.2) is 31.1 Å². The number of aromatic nitrogens is 3. The van der Waals surface area contributed by atoms with E-state index in [1.165, 1.54) is 0 Å². The van der Waals surface area contributed by atoms with E-state index >= 15 is 0 Å². The number of carboxylic acids is 1. The highest BCUT2D eigenvalue weighted by molar-refractivity contribution is 9.11. The van der Waals surface area contributed by atoms with Gasteiger partial charge < -0.3 is 9.84 Å². The number of H-pyrrole nitrogens is 1. The first-order valence-electron chi connectivity index (χ1n) is 6.54. The van der Waals surface area contributed by atoms with E-state index in [4.69, 9.17) is 4.74 Å². The third kappa shape index (κ3) is 4.82. The minimum atomic E-state index is -1.06. The Morgan fingerprint density at radius 1 is 1.48 bits per heavy atom. The molecular weight excluding hydrogens is 450 g/mol. The highest BCUT2D eigenvalue weighted by Crippen LogP contribution is 2.36. The van der Waals surface area contributed by atoms with Gasteiger partial charge in [0, 0.05) is 10.0 Å². The van der Waals surface area contributed by atoms with Crippen LogP contribution in [0.4, 0.5) is 0 Å². The van der Waals surface area contributed by atoms with Crippen LogP contribution in [0.25, 0.3) is 6.08 Å². The Labute approximate surface area is 154 Å². The summed E-state index contributed by atoms with van der Waals surface area (Å²) in [5, 5.41) is 16.4. The lowest BCUT2D eigenvalue weighted by Gasteiger charge is -2.11. The van der Waals surface area contributed by atoms with Gasteiger partial charge in [-0.05, 0) is 59.7 Å². The van der Waals surface area contributed by atoms with Gasteiger partial charge in [0.05, 0.1) is 11.1 Å². The van der Waals surface area contributed by atoms with Crippen LogP contribution in [-0.2, 0) is 4.79 Å². The summed E-state index contributed by atoms with van der Waals surface area (Å²) >= 11 is 7.80. The number of aromatic amines is 1. The molecule has 1 aromatic carbocycles. The summed E-state index contributed by atoms with van der Waals surface area (Å²) in [6.45, 7) is 4.09. The molecule has 0 fully saturated rings. The molecular formula is C14H13Br2N3O3S. The zero-order chi connectivity index (χ0) is 17.0. The lowest BCUT2D eigenvalue weighted by molar-refractivity contribution is -0.131. The van der Waals surface area contributed by atoms with Crippen molar-refractivity contribution in [1.29, 1.82) is 0 Å². The van der Waals surface area contributed by atoms with Gasteiger partial charge in [-0.1, -0.05) is 15.9 Å². The van der Waals surface area contributed by atoms with Gasteiger partial charge in [-0.15, -0.1) is 5.10 Å². The molecule has 0 atom stereocenters. The van der Waals surface area contributed by atoms with E-state index in [-0.39, 0.29) is 4.91 Å². The molecule has 9 heteroatoms. The van der Waals surface area contributed by atoms with E-state index in [2.05, 4.69) is 47.0 Å². The fourth-order valence-corrected chi connectivity index (χ4v) is 3.84. The Morgan fingerprint density at radius 2 is 2.22 bits per heavy atom. The normalized spacial score (nSPS) is 11.6. The molecule has 2 N–H and O–H groups in total. The molecule has 0 radical (unpaired) electrons. The molecule has 122 valence electrons. The number of ether oxygens (including phenoxy) is 1. The SMILES string of the molecule is CCOc1c(Br)cc(Br)cc1/C=C(\Sc1n[nH]c(C)n1)C(=O)O. The number of rotatable bonds is 6. The summed E-state index contributed by atoms with van der Waals surface area (Å²) in [5.74, 6) is 0.148. The number of benzene rings is 1. The van der Waals surface area contributed by atoms with Crippen LogP contribution in [-0.4, -0.2) is 32.9 Å². The standard InChI is InChI=1S/C14H13Br2N3O3S/c1-3-22-12-8(4-9(15)6-10(12)16)5-11(13(20)21)23-14-17-7(2)18-19-14/h4-6H,3H2,1-2H3,(H,20,21)(H,17,18,19)/b11-5-. The third-order valence-corrected chi connectivity index (χ3v) is 4.53. The maximum absolute atomic E-state index is 11.5. The van der Waals surface area contributed by atoms with Crippen molar-refractivity contribution < 1.29 is 14.6 Å². The Hall–Kier alpha value is -1.32. The third-order valence-electron chi connectivity index (χ3n) is 2.60. The van der Waals surface area contributed by atoms with Crippen LogP contribution >= 0.6 is 43.6 Å². The number of carboxylic acid groups (broad SMARTS) is 1. The van der Waals surface area contributed by atoms with Crippen LogP contribution in [0.3, 0.4) is 0 Å². The molecule has 0 aliphatic rings. The minimum absolute atomic E-state index is 0.0925. The van der Waals surface area contributed by atoms with Crippen LogP contribution < -0.4 is 4.74 Å². The number of hydrogen-bond donors (Lipinski definition) is 2. The van der Waals surface area contributed by atoms with E-state index in [0.717, 1.165) is 20.7 Å². The molecule has 1 aromatic heterocycles. The average molecular weight is 463 g/mol. The fourth-order valence-electron chi connectivity index (χ4n) is 1.73. The van der Waals surface area contributed by atoms with Crippen molar-refractivity contribution >= 4 is 55.7 Å². The maximum Gasteiger partial charge on any atom is 0.342 e. The Balaban J connectivity index is 2.44. The van der Waals surface area contributed by atoms with Gasteiger partial charge in [0.2, 0.25) is 5.16 Å². The molecule has 0 saturated heterocycles. The second kappa shape index (κ2) is 7.98. The van der Waals surface area contributed by atoms with E-state index in [0.29, 0.717) is 28.9 Å². The summed E-state index contributed by atoms with van der Waals surface area (Å²) in [5.41, 5.74) is 0.644. The molecule has 23 heavy (non-hydrogen) atoms. The highest BCUT2D eigenvalue weighted by Gasteiger charge is 2.16. The van der Waals surface area contributed by atoms with Crippen molar-refractivity contribution in [1.82, 2.24) is 15.2 Å². The summed E-state index contributed by atoms with van der Waals surface area (Å²) in [4.78, 5) is 15.7. The number of halogens is 2. The number of aryl methyl sites for hydroxylation is 1. The lowest BCUT2D eigenvalue weighted by atomic mass is 10.2. The van der Waals surface area contributed by atoms with Gasteiger partial charge in [0.25, 0.3) is 0 Å². The van der Waals surface area contributed by atoms with Crippen LogP contribution in [0.2, 0.25) is 0 Å². The molecule has 0 amide bonds. The van der Waals surface area contributed by atoms with Gasteiger partial charge in [0.15, 0.2) is 0 Å². The molecule has 0 aliphatic carbocycles. The molecule has 0 bridgehead atoms. The van der Waals surface area contributed by atoms with Crippen molar-refractivity contribution in [3.05, 3.63) is 37.4 Å². The van der Waals surface area contributed by atoms with E-state index < -0.39 is 5.97 Å². The molecule has 2 rings (SSSR count). The fraction of sp³-hybridized carbons (Fsp3) is 0.214. The second-order valence-corrected chi connectivity index (χ2v) is 7.14. The number of nitrogens with one attached hydrogen (secondary N) is 1. The first-order chi connectivity index (χ1) is 10.9. The second-order valence-electron chi connectivity index (χ2n) is 4.36. The maximum atomic E-state index is 11.5. The molecule has 0 saturated carbocycles. The van der Waals surface area contributed by atoms with Crippen molar-refractivity contribution in [2.45, 2.75) is 19.0 Å². The quantitative estimate of drug-likeness (QED) is 0.492. The average Bonchev–Trinajstić information content (AvgIpc) is 2.87. The van der Waals surface area contributed by atoms with Gasteiger partial charge in [0.1, 0.15) is 16.5 Å². The van der Waals surface area contributed by atoms with E-state index in [1.54, 1.807) is 19.1 Å². The van der Waals surface area contributed by atoms with Crippen LogP contribution in [0, 0.1) is 6.92 Å². The molecule has 0 aliphatic heterocycles. The predicted octanol–water partition coefficient (Wildman–Crippen LogP) is 4.25. The van der Waals surface area contributed by atoms with Crippen molar-refractivity contribution in [2.24, 2.45) is 0 Å². The first-order valence-corrected chi connectivity index (χ1v) is 8.94. The molecule has 2 aromatic rings. The Kier molecular flexibility index (Phi) is 6.25. The van der Waals surface area contributed by atoms with Gasteiger partial charge in [-0.2, -0.15) is 0 Å². The van der Waals surface area contributed by atoms with Crippen molar-refractivity contribution in [3.8, 4) is 5.75 Å². The van der Waals surface area contributed by atoms with Crippen molar-refractivity contribution in [2.75, 3.05) is 6.61 Å². The van der Waals surface area contributed by atoms with Gasteiger partial charge in [-0.25, -0.2) is 9.78 Å². The number of carbonyl (C=O) groups is 1. The first kappa shape index (κ1) is 18.0. The number of thioether (sulfide) groups is 1. The van der Waals surface area contributed by atoms with E-state index in [1.807, 2.05) is 13.0 Å². The van der Waals surface area contributed by atoms with Gasteiger partial charge >= 0.3 is 5.97 Å². The number of nitrogens with zero attached hydrogens (tertiary/aromatic N) is 2. The van der Waals surface area contributed by atoms with Crippen LogP contribution in [0.5, 0.6) is 5.75 Å². The zero-order valence-electron chi connectivity index (χ0n) is 12.3. The number of aliphatic carboxylic acids is 1.